The van der Waals surface area contributed by atoms with Crippen LogP contribution >= 0.6 is 11.3 Å². The van der Waals surface area contributed by atoms with Gasteiger partial charge in [-0.2, -0.15) is 13.2 Å². The van der Waals surface area contributed by atoms with Crippen LogP contribution in [-0.2, 0) is 22.9 Å². The number of alkyl halides is 3. The number of anilines is 1. The maximum absolute atomic E-state index is 13.2. The number of hydrogen-bond donors (Lipinski definition) is 1. The first-order valence-corrected chi connectivity index (χ1v) is 9.58. The van der Waals surface area contributed by atoms with Gasteiger partial charge >= 0.3 is 6.18 Å². The molecule has 142 valence electrons. The zero-order valence-corrected chi connectivity index (χ0v) is 15.0. The quantitative estimate of drug-likeness (QED) is 0.683. The van der Waals surface area contributed by atoms with E-state index in [0.29, 0.717) is 38.1 Å². The van der Waals surface area contributed by atoms with Gasteiger partial charge in [-0.3, -0.25) is 0 Å². The molecule has 6 nitrogen and oxygen atoms in total. The first-order chi connectivity index (χ1) is 13.0. The Hall–Kier alpha value is -2.20. The predicted molar refractivity (Wildman–Crippen MR) is 93.8 cm³/mol. The van der Waals surface area contributed by atoms with Crippen LogP contribution in [-0.4, -0.2) is 39.6 Å². The van der Waals surface area contributed by atoms with Crippen molar-refractivity contribution in [1.29, 1.82) is 0 Å². The molecule has 0 atom stereocenters. The zero-order chi connectivity index (χ0) is 18.6. The number of thiophene rings is 1. The minimum atomic E-state index is -4.61. The van der Waals surface area contributed by atoms with Gasteiger partial charge in [0.25, 0.3) is 0 Å². The second-order valence-electron chi connectivity index (χ2n) is 6.82. The van der Waals surface area contributed by atoms with Crippen LogP contribution in [0.4, 0.5) is 19.0 Å². The predicted octanol–water partition coefficient (Wildman–Crippen LogP) is 3.50. The van der Waals surface area contributed by atoms with Gasteiger partial charge in [-0.15, -0.1) is 11.3 Å². The molecule has 1 fully saturated rings. The number of halogens is 3. The average Bonchev–Trinajstić information content (AvgIpc) is 3.31. The maximum Gasteiger partial charge on any atom is 0.451 e. The number of fused-ring (bicyclic) bond motifs is 3. The van der Waals surface area contributed by atoms with E-state index in [1.165, 1.54) is 16.8 Å². The third-order valence-corrected chi connectivity index (χ3v) is 6.44. The van der Waals surface area contributed by atoms with Crippen LogP contribution in [0, 0.1) is 0 Å². The van der Waals surface area contributed by atoms with Crippen LogP contribution in [0.2, 0.25) is 0 Å². The Labute approximate surface area is 156 Å². The Morgan fingerprint density at radius 2 is 2.04 bits per heavy atom. The van der Waals surface area contributed by atoms with E-state index in [1.807, 2.05) is 4.90 Å². The number of ether oxygens (including phenoxy) is 1. The fourth-order valence-corrected chi connectivity index (χ4v) is 5.15. The Balaban J connectivity index is 1.48. The number of H-pyrrole nitrogens is 1. The van der Waals surface area contributed by atoms with Gasteiger partial charge in [0.05, 0.1) is 12.9 Å². The fourth-order valence-electron chi connectivity index (χ4n) is 3.98. The van der Waals surface area contributed by atoms with Crippen molar-refractivity contribution in [3.05, 3.63) is 34.0 Å². The molecule has 5 rings (SSSR count). The summed E-state index contributed by atoms with van der Waals surface area (Å²) in [6, 6.07) is 2.14. The van der Waals surface area contributed by atoms with E-state index in [1.54, 1.807) is 11.3 Å². The van der Waals surface area contributed by atoms with Crippen molar-refractivity contribution >= 4 is 28.3 Å². The smallest absolute Gasteiger partial charge is 0.369 e. The normalized spacial score (nSPS) is 19.6. The molecule has 0 unspecified atom stereocenters. The minimum absolute atomic E-state index is 0.0297. The molecule has 0 saturated carbocycles. The molecule has 1 saturated heterocycles. The number of aromatic amines is 1. The Kier molecular flexibility index (Phi) is 3.70. The van der Waals surface area contributed by atoms with E-state index in [2.05, 4.69) is 31.4 Å². The van der Waals surface area contributed by atoms with E-state index in [-0.39, 0.29) is 17.1 Å². The summed E-state index contributed by atoms with van der Waals surface area (Å²) in [4.78, 5) is 17.3. The van der Waals surface area contributed by atoms with E-state index >= 15 is 0 Å². The number of imidazole rings is 1. The van der Waals surface area contributed by atoms with E-state index < -0.39 is 12.0 Å². The van der Waals surface area contributed by atoms with Gasteiger partial charge in [0.1, 0.15) is 11.1 Å². The van der Waals surface area contributed by atoms with Gasteiger partial charge in [0.15, 0.2) is 11.5 Å². The van der Waals surface area contributed by atoms with Crippen molar-refractivity contribution in [3.63, 3.8) is 0 Å². The summed E-state index contributed by atoms with van der Waals surface area (Å²) >= 11 is 1.70. The molecule has 0 aromatic carbocycles. The lowest BCUT2D eigenvalue weighted by atomic mass is 9.85. The zero-order valence-electron chi connectivity index (χ0n) is 14.2. The van der Waals surface area contributed by atoms with Crippen LogP contribution in [0.5, 0.6) is 0 Å². The Bertz CT molecular complexity index is 990. The van der Waals surface area contributed by atoms with Gasteiger partial charge in [-0.05, 0) is 36.3 Å². The number of nitrogens with zero attached hydrogens (tertiary/aromatic N) is 4. The summed E-state index contributed by atoms with van der Waals surface area (Å²) in [5, 5.41) is 2.08. The molecule has 5 heterocycles. The van der Waals surface area contributed by atoms with E-state index in [4.69, 9.17) is 4.74 Å². The van der Waals surface area contributed by atoms with Crippen molar-refractivity contribution in [3.8, 4) is 0 Å². The van der Waals surface area contributed by atoms with Crippen molar-refractivity contribution < 1.29 is 17.9 Å². The highest BCUT2D eigenvalue weighted by molar-refractivity contribution is 7.10. The Morgan fingerprint density at radius 3 is 2.81 bits per heavy atom. The monoisotopic (exact) mass is 395 g/mol. The third kappa shape index (κ3) is 2.69. The summed E-state index contributed by atoms with van der Waals surface area (Å²) < 4.78 is 45.7. The number of hydrogen-bond acceptors (Lipinski definition) is 6. The average molecular weight is 395 g/mol. The van der Waals surface area contributed by atoms with Gasteiger partial charge in [0, 0.05) is 18.0 Å². The van der Waals surface area contributed by atoms with Crippen LogP contribution in [0.3, 0.4) is 0 Å². The molecule has 0 radical (unpaired) electrons. The lowest BCUT2D eigenvalue weighted by Crippen LogP contribution is -2.46. The number of piperidine rings is 1. The number of nitrogens with one attached hydrogen (secondary N) is 1. The van der Waals surface area contributed by atoms with Gasteiger partial charge in [0.2, 0.25) is 5.82 Å². The third-order valence-electron chi connectivity index (χ3n) is 5.30. The molecule has 0 bridgehead atoms. The van der Waals surface area contributed by atoms with Crippen LogP contribution in [0.15, 0.2) is 17.8 Å². The number of rotatable bonds is 1. The largest absolute Gasteiger partial charge is 0.451 e. The molecule has 3 aromatic rings. The maximum atomic E-state index is 13.2. The highest BCUT2D eigenvalue weighted by Crippen LogP contribution is 2.45. The molecular weight excluding hydrogens is 379 g/mol. The SMILES string of the molecule is FC(F)(F)c1nc(N2CCC3(CC2)OCCc2ccsc23)c2[nH]cnc2n1. The van der Waals surface area contributed by atoms with Crippen molar-refractivity contribution in [2.75, 3.05) is 24.6 Å². The van der Waals surface area contributed by atoms with Gasteiger partial charge < -0.3 is 14.6 Å². The summed E-state index contributed by atoms with van der Waals surface area (Å²) in [6.07, 6.45) is -0.934. The molecule has 0 aliphatic carbocycles. The summed E-state index contributed by atoms with van der Waals surface area (Å²) in [5.74, 6) is -0.909. The molecule has 2 aliphatic rings. The molecule has 10 heteroatoms. The number of aromatic nitrogens is 4. The fraction of sp³-hybridized carbons (Fsp3) is 0.471. The van der Waals surface area contributed by atoms with Gasteiger partial charge in [-0.1, -0.05) is 0 Å². The molecule has 2 aliphatic heterocycles. The molecule has 3 aromatic heterocycles. The van der Waals surface area contributed by atoms with Crippen LogP contribution in [0.25, 0.3) is 11.2 Å². The first kappa shape index (κ1) is 16.9. The molecule has 1 spiro atoms. The standard InChI is InChI=1S/C17H16F3N5OS/c18-17(19,20)15-23-13-11(21-9-22-13)14(24-15)25-5-3-16(4-6-25)12-10(1-7-26-16)2-8-27-12/h2,8-9H,1,3-7H2,(H,21,22,23,24). The molecule has 27 heavy (non-hydrogen) atoms. The van der Waals surface area contributed by atoms with Crippen LogP contribution < -0.4 is 4.90 Å². The molecule has 1 N–H and O–H groups in total. The first-order valence-electron chi connectivity index (χ1n) is 8.70. The highest BCUT2D eigenvalue weighted by Gasteiger charge is 2.43. The summed E-state index contributed by atoms with van der Waals surface area (Å²) in [5.41, 5.74) is 1.46. The van der Waals surface area contributed by atoms with E-state index in [0.717, 1.165) is 6.42 Å². The lowest BCUT2D eigenvalue weighted by Gasteiger charge is -2.44. The molecule has 0 amide bonds. The summed E-state index contributed by atoms with van der Waals surface area (Å²) in [6.45, 7) is 1.79. The minimum Gasteiger partial charge on any atom is -0.369 e. The highest BCUT2D eigenvalue weighted by atomic mass is 32.1. The van der Waals surface area contributed by atoms with Crippen LogP contribution in [0.1, 0.15) is 29.1 Å². The van der Waals surface area contributed by atoms with Crippen molar-refractivity contribution in [1.82, 2.24) is 19.9 Å². The molecular formula is C17H16F3N5OS. The topological polar surface area (TPSA) is 66.9 Å². The summed E-state index contributed by atoms with van der Waals surface area (Å²) in [7, 11) is 0. The second-order valence-corrected chi connectivity index (χ2v) is 7.74. The van der Waals surface area contributed by atoms with Crippen molar-refractivity contribution in [2.24, 2.45) is 0 Å². The van der Waals surface area contributed by atoms with E-state index in [9.17, 15) is 13.2 Å². The van der Waals surface area contributed by atoms with Gasteiger partial charge in [-0.25, -0.2) is 15.0 Å². The lowest BCUT2D eigenvalue weighted by molar-refractivity contribution is -0.144. The second kappa shape index (κ2) is 5.90. The Morgan fingerprint density at radius 1 is 1.22 bits per heavy atom. The van der Waals surface area contributed by atoms with Crippen molar-refractivity contribution in [2.45, 2.75) is 31.0 Å².